The van der Waals surface area contributed by atoms with Gasteiger partial charge in [0.25, 0.3) is 0 Å². The highest BCUT2D eigenvalue weighted by molar-refractivity contribution is 6.04. The normalized spacial score (nSPS) is 18.2. The van der Waals surface area contributed by atoms with Gasteiger partial charge in [-0.15, -0.1) is 0 Å². The van der Waals surface area contributed by atoms with Gasteiger partial charge in [-0.25, -0.2) is 0 Å². The molecule has 5 nitrogen and oxygen atoms in total. The number of hydrazone groups is 1. The van der Waals surface area contributed by atoms with Crippen molar-refractivity contribution in [2.24, 2.45) is 10.9 Å². The highest BCUT2D eigenvalue weighted by Crippen LogP contribution is 2.17. The summed E-state index contributed by atoms with van der Waals surface area (Å²) in [6.07, 6.45) is 0. The number of rotatable bonds is 3. The van der Waals surface area contributed by atoms with Crippen LogP contribution in [0.2, 0.25) is 0 Å². The van der Waals surface area contributed by atoms with E-state index in [1.807, 2.05) is 12.1 Å². The van der Waals surface area contributed by atoms with E-state index in [2.05, 4.69) is 10.0 Å². The van der Waals surface area contributed by atoms with E-state index in [1.54, 1.807) is 12.1 Å². The van der Waals surface area contributed by atoms with Crippen molar-refractivity contribution >= 4 is 5.71 Å². The van der Waals surface area contributed by atoms with Crippen molar-refractivity contribution < 1.29 is 9.84 Å². The highest BCUT2D eigenvalue weighted by Gasteiger charge is 2.15. The summed E-state index contributed by atoms with van der Waals surface area (Å²) in [6.45, 7) is 3.84. The Morgan fingerprint density at radius 3 is 2.71 bits per heavy atom. The van der Waals surface area contributed by atoms with E-state index in [0.29, 0.717) is 17.8 Å². The van der Waals surface area contributed by atoms with Gasteiger partial charge in [0.15, 0.2) is 0 Å². The van der Waals surface area contributed by atoms with E-state index in [1.165, 1.54) is 0 Å². The van der Waals surface area contributed by atoms with Gasteiger partial charge in [0.2, 0.25) is 0 Å². The van der Waals surface area contributed by atoms with Crippen LogP contribution < -0.4 is 5.84 Å². The summed E-state index contributed by atoms with van der Waals surface area (Å²) in [5, 5.41) is 13.5. The lowest BCUT2D eigenvalue weighted by atomic mass is 10.1. The van der Waals surface area contributed by atoms with Gasteiger partial charge >= 0.3 is 0 Å². The summed E-state index contributed by atoms with van der Waals surface area (Å²) in [6, 6.07) is 7.10. The van der Waals surface area contributed by atoms with Crippen LogP contribution in [0.5, 0.6) is 5.75 Å². The summed E-state index contributed by atoms with van der Waals surface area (Å²) in [4.78, 5) is 2.21. The summed E-state index contributed by atoms with van der Waals surface area (Å²) in [7, 11) is 0. The van der Waals surface area contributed by atoms with Gasteiger partial charge in [0, 0.05) is 25.2 Å². The first-order valence-electron chi connectivity index (χ1n) is 5.66. The Labute approximate surface area is 100 Å². The number of morpholine rings is 1. The number of phenols is 1. The van der Waals surface area contributed by atoms with Crippen molar-refractivity contribution in [1.29, 1.82) is 0 Å². The van der Waals surface area contributed by atoms with Gasteiger partial charge in [0.1, 0.15) is 5.75 Å². The number of phenolic OH excluding ortho intramolecular Hbond substituents is 1. The summed E-state index contributed by atoms with van der Waals surface area (Å²) < 4.78 is 5.28. The molecular weight excluding hydrogens is 218 g/mol. The van der Waals surface area contributed by atoms with Gasteiger partial charge in [-0.2, -0.15) is 5.10 Å². The molecule has 1 aliphatic rings. The molecule has 1 saturated heterocycles. The predicted octanol–water partition coefficient (Wildman–Crippen LogP) is 0.387. The molecule has 0 unspecified atom stereocenters. The van der Waals surface area contributed by atoms with Gasteiger partial charge in [0.05, 0.1) is 18.9 Å². The van der Waals surface area contributed by atoms with Crippen LogP contribution in [0, 0.1) is 0 Å². The van der Waals surface area contributed by atoms with Crippen molar-refractivity contribution in [2.75, 3.05) is 32.8 Å². The molecule has 0 radical (unpaired) electrons. The summed E-state index contributed by atoms with van der Waals surface area (Å²) in [5.74, 6) is 5.62. The lowest BCUT2D eigenvalue weighted by molar-refractivity contribution is 0.0453. The molecule has 1 aromatic rings. The number of nitrogens with zero attached hydrogens (tertiary/aromatic N) is 2. The minimum atomic E-state index is 0.213. The molecule has 92 valence electrons. The van der Waals surface area contributed by atoms with Crippen molar-refractivity contribution in [3.8, 4) is 5.75 Å². The molecular formula is C12H17N3O2. The van der Waals surface area contributed by atoms with Gasteiger partial charge < -0.3 is 15.7 Å². The monoisotopic (exact) mass is 235 g/mol. The second-order valence-corrected chi connectivity index (χ2v) is 3.98. The first kappa shape index (κ1) is 11.9. The van der Waals surface area contributed by atoms with Crippen LogP contribution in [0.15, 0.2) is 29.4 Å². The van der Waals surface area contributed by atoms with E-state index in [9.17, 15) is 5.11 Å². The van der Waals surface area contributed by atoms with Gasteiger partial charge in [-0.05, 0) is 12.1 Å². The van der Waals surface area contributed by atoms with Crippen LogP contribution in [0.4, 0.5) is 0 Å². The molecule has 2 rings (SSSR count). The first-order valence-corrected chi connectivity index (χ1v) is 5.66. The molecule has 17 heavy (non-hydrogen) atoms. The average Bonchev–Trinajstić information content (AvgIpc) is 2.38. The van der Waals surface area contributed by atoms with E-state index in [4.69, 9.17) is 10.6 Å². The lowest BCUT2D eigenvalue weighted by Crippen LogP contribution is -2.40. The van der Waals surface area contributed by atoms with Crippen molar-refractivity contribution in [3.63, 3.8) is 0 Å². The van der Waals surface area contributed by atoms with Crippen LogP contribution in [0.1, 0.15) is 5.56 Å². The maximum absolute atomic E-state index is 9.76. The largest absolute Gasteiger partial charge is 0.507 e. The Hall–Kier alpha value is -1.59. The molecule has 0 bridgehead atoms. The van der Waals surface area contributed by atoms with Crippen LogP contribution in [0.25, 0.3) is 0 Å². The fraction of sp³-hybridized carbons (Fsp3) is 0.417. The molecule has 0 amide bonds. The van der Waals surface area contributed by atoms with Gasteiger partial charge in [-0.3, -0.25) is 4.90 Å². The molecule has 0 atom stereocenters. The second-order valence-electron chi connectivity index (χ2n) is 3.98. The second kappa shape index (κ2) is 5.65. The van der Waals surface area contributed by atoms with Crippen molar-refractivity contribution in [1.82, 2.24) is 4.90 Å². The Morgan fingerprint density at radius 2 is 2.06 bits per heavy atom. The van der Waals surface area contributed by atoms with E-state index in [0.717, 1.165) is 26.3 Å². The molecule has 3 N–H and O–H groups in total. The van der Waals surface area contributed by atoms with Crippen LogP contribution >= 0.6 is 0 Å². The van der Waals surface area contributed by atoms with E-state index >= 15 is 0 Å². The third-order valence-corrected chi connectivity index (χ3v) is 2.85. The Morgan fingerprint density at radius 1 is 1.35 bits per heavy atom. The maximum atomic E-state index is 9.76. The smallest absolute Gasteiger partial charge is 0.124 e. The Kier molecular flexibility index (Phi) is 3.95. The summed E-state index contributed by atoms with van der Waals surface area (Å²) in [5.41, 5.74) is 1.39. The average molecular weight is 235 g/mol. The molecule has 0 aromatic heterocycles. The van der Waals surface area contributed by atoms with E-state index in [-0.39, 0.29) is 5.75 Å². The third kappa shape index (κ3) is 2.95. The standard InChI is InChI=1S/C12H17N3O2/c13-14-11(9-15-5-7-17-8-6-15)10-3-1-2-4-12(10)16/h1-4,16H,5-9,13H2/b14-11-. The minimum absolute atomic E-state index is 0.213. The number of aromatic hydroxyl groups is 1. The topological polar surface area (TPSA) is 71.1 Å². The predicted molar refractivity (Wildman–Crippen MR) is 66.1 cm³/mol. The van der Waals surface area contributed by atoms with Crippen molar-refractivity contribution in [2.45, 2.75) is 0 Å². The number of nitrogens with two attached hydrogens (primary N) is 1. The quantitative estimate of drug-likeness (QED) is 0.451. The molecule has 1 aromatic carbocycles. The Balaban J connectivity index is 2.09. The molecule has 0 spiro atoms. The van der Waals surface area contributed by atoms with Crippen LogP contribution in [0.3, 0.4) is 0 Å². The first-order chi connectivity index (χ1) is 8.31. The van der Waals surface area contributed by atoms with E-state index < -0.39 is 0 Å². The summed E-state index contributed by atoms with van der Waals surface area (Å²) >= 11 is 0. The lowest BCUT2D eigenvalue weighted by Gasteiger charge is -2.26. The van der Waals surface area contributed by atoms with Crippen LogP contribution in [-0.2, 0) is 4.74 Å². The third-order valence-electron chi connectivity index (χ3n) is 2.85. The molecule has 0 aliphatic carbocycles. The number of benzene rings is 1. The highest BCUT2D eigenvalue weighted by atomic mass is 16.5. The van der Waals surface area contributed by atoms with Gasteiger partial charge in [-0.1, -0.05) is 12.1 Å². The molecule has 1 aliphatic heterocycles. The number of hydrogen-bond donors (Lipinski definition) is 2. The fourth-order valence-electron chi connectivity index (χ4n) is 1.88. The number of ether oxygens (including phenoxy) is 1. The molecule has 1 heterocycles. The van der Waals surface area contributed by atoms with Crippen molar-refractivity contribution in [3.05, 3.63) is 29.8 Å². The maximum Gasteiger partial charge on any atom is 0.124 e. The SMILES string of the molecule is N/N=C(/CN1CCOCC1)c1ccccc1O. The molecule has 0 saturated carbocycles. The number of hydrogen-bond acceptors (Lipinski definition) is 5. The zero-order valence-corrected chi connectivity index (χ0v) is 9.67. The van der Waals surface area contributed by atoms with Crippen LogP contribution in [-0.4, -0.2) is 48.6 Å². The minimum Gasteiger partial charge on any atom is -0.507 e. The number of para-hydroxylation sites is 1. The molecule has 5 heteroatoms. The molecule has 1 fully saturated rings. The zero-order chi connectivity index (χ0) is 12.1. The Bertz CT molecular complexity index is 400. The fourth-order valence-corrected chi connectivity index (χ4v) is 1.88. The zero-order valence-electron chi connectivity index (χ0n) is 9.67.